The van der Waals surface area contributed by atoms with Gasteiger partial charge in [-0.1, -0.05) is 50.2 Å². The van der Waals surface area contributed by atoms with Crippen molar-refractivity contribution in [2.45, 2.75) is 19.8 Å². The molecule has 0 radical (unpaired) electrons. The quantitative estimate of drug-likeness (QED) is 0.544. The topological polar surface area (TPSA) is 46.9 Å². The van der Waals surface area contributed by atoms with Gasteiger partial charge in [0.05, 0.1) is 10.9 Å². The van der Waals surface area contributed by atoms with Crippen molar-refractivity contribution >= 4 is 22.4 Å². The van der Waals surface area contributed by atoms with Crippen LogP contribution in [0.3, 0.4) is 0 Å². The third-order valence-corrected chi connectivity index (χ3v) is 4.63. The maximum Gasteiger partial charge on any atom is 0.193 e. The van der Waals surface area contributed by atoms with Crippen LogP contribution in [0.1, 0.15) is 25.3 Å². The van der Waals surface area contributed by atoms with Crippen LogP contribution in [0.4, 0.5) is 11.5 Å². The summed E-state index contributed by atoms with van der Waals surface area (Å²) in [7, 11) is 0. The van der Waals surface area contributed by atoms with Crippen molar-refractivity contribution < 1.29 is 0 Å². The average Bonchev–Trinajstić information content (AvgIpc) is 2.69. The Morgan fingerprint density at radius 3 is 2.26 bits per heavy atom. The Morgan fingerprint density at radius 1 is 0.926 bits per heavy atom. The van der Waals surface area contributed by atoms with Crippen molar-refractivity contribution in [3.63, 3.8) is 0 Å². The summed E-state index contributed by atoms with van der Waals surface area (Å²) < 4.78 is 2.11. The van der Waals surface area contributed by atoms with E-state index in [1.165, 1.54) is 0 Å². The van der Waals surface area contributed by atoms with Crippen LogP contribution < -0.4 is 10.7 Å². The van der Waals surface area contributed by atoms with Gasteiger partial charge in [0.2, 0.25) is 0 Å². The van der Waals surface area contributed by atoms with Gasteiger partial charge in [-0.05, 0) is 35.7 Å². The van der Waals surface area contributed by atoms with Crippen LogP contribution in [-0.4, -0.2) is 9.55 Å². The first kappa shape index (κ1) is 17.0. The van der Waals surface area contributed by atoms with E-state index in [0.29, 0.717) is 5.39 Å². The van der Waals surface area contributed by atoms with E-state index in [0.717, 1.165) is 28.3 Å². The number of hydrogen-bond donors (Lipinski definition) is 1. The molecule has 0 amide bonds. The molecule has 4 rings (SSSR count). The summed E-state index contributed by atoms with van der Waals surface area (Å²) >= 11 is 0. The Morgan fingerprint density at radius 2 is 1.59 bits per heavy atom. The highest BCUT2D eigenvalue weighted by molar-refractivity contribution is 5.86. The summed E-state index contributed by atoms with van der Waals surface area (Å²) in [5.41, 5.74) is 3.84. The van der Waals surface area contributed by atoms with Gasteiger partial charge in [0.15, 0.2) is 5.43 Å². The van der Waals surface area contributed by atoms with Crippen LogP contribution >= 0.6 is 0 Å². The van der Waals surface area contributed by atoms with Crippen molar-refractivity contribution in [3.8, 4) is 5.69 Å². The minimum absolute atomic E-state index is 0.0365. The number of nitrogens with zero attached hydrogens (tertiary/aromatic N) is 2. The summed E-state index contributed by atoms with van der Waals surface area (Å²) in [6, 6.07) is 21.6. The van der Waals surface area contributed by atoms with E-state index >= 15 is 0 Å². The average molecular weight is 355 g/mol. The molecule has 0 spiro atoms. The lowest BCUT2D eigenvalue weighted by molar-refractivity contribution is 0.859. The monoisotopic (exact) mass is 355 g/mol. The predicted octanol–water partition coefficient (Wildman–Crippen LogP) is 5.25. The van der Waals surface area contributed by atoms with Crippen LogP contribution in [0.2, 0.25) is 0 Å². The van der Waals surface area contributed by atoms with Crippen LogP contribution in [0.15, 0.2) is 83.9 Å². The lowest BCUT2D eigenvalue weighted by atomic mass is 10.0. The second-order valence-electron chi connectivity index (χ2n) is 6.84. The van der Waals surface area contributed by atoms with E-state index in [1.54, 1.807) is 12.3 Å². The van der Waals surface area contributed by atoms with Crippen molar-refractivity contribution in [2.75, 3.05) is 5.32 Å². The second-order valence-corrected chi connectivity index (χ2v) is 6.84. The lowest BCUT2D eigenvalue weighted by Gasteiger charge is -2.21. The fourth-order valence-electron chi connectivity index (χ4n) is 3.32. The van der Waals surface area contributed by atoms with Crippen molar-refractivity contribution in [1.29, 1.82) is 0 Å². The zero-order chi connectivity index (χ0) is 18.8. The van der Waals surface area contributed by atoms with Crippen molar-refractivity contribution in [2.24, 2.45) is 0 Å². The number of nitrogens with one attached hydrogen (secondary N) is 1. The van der Waals surface area contributed by atoms with Gasteiger partial charge in [-0.2, -0.15) is 0 Å². The molecule has 0 unspecified atom stereocenters. The summed E-state index contributed by atoms with van der Waals surface area (Å²) in [6.07, 6.45) is 3.52. The Hall–Kier alpha value is -3.40. The van der Waals surface area contributed by atoms with Gasteiger partial charge in [0.1, 0.15) is 5.82 Å². The van der Waals surface area contributed by atoms with E-state index in [4.69, 9.17) is 0 Å². The van der Waals surface area contributed by atoms with Crippen LogP contribution in [0.5, 0.6) is 0 Å². The predicted molar refractivity (Wildman–Crippen MR) is 111 cm³/mol. The Balaban J connectivity index is 2.08. The molecule has 4 nitrogen and oxygen atoms in total. The van der Waals surface area contributed by atoms with Crippen LogP contribution in [-0.2, 0) is 0 Å². The lowest BCUT2D eigenvalue weighted by Crippen LogP contribution is -2.14. The Bertz CT molecular complexity index is 1130. The molecule has 2 aromatic carbocycles. The van der Waals surface area contributed by atoms with E-state index < -0.39 is 0 Å². The normalized spacial score (nSPS) is 11.1. The molecule has 134 valence electrons. The van der Waals surface area contributed by atoms with Gasteiger partial charge >= 0.3 is 0 Å². The maximum atomic E-state index is 12.9. The Labute approximate surface area is 158 Å². The van der Waals surface area contributed by atoms with Gasteiger partial charge in [0, 0.05) is 29.8 Å². The highest BCUT2D eigenvalue weighted by Gasteiger charge is 2.16. The van der Waals surface area contributed by atoms with Gasteiger partial charge in [-0.25, -0.2) is 0 Å². The highest BCUT2D eigenvalue weighted by Crippen LogP contribution is 2.29. The fraction of sp³-hybridized carbons (Fsp3) is 0.130. The van der Waals surface area contributed by atoms with Gasteiger partial charge in [0.25, 0.3) is 0 Å². The minimum atomic E-state index is -0.0365. The minimum Gasteiger partial charge on any atom is -0.341 e. The Kier molecular flexibility index (Phi) is 4.47. The number of pyridine rings is 2. The molecule has 27 heavy (non-hydrogen) atoms. The molecule has 0 saturated heterocycles. The molecule has 2 aromatic heterocycles. The van der Waals surface area contributed by atoms with E-state index in [9.17, 15) is 4.79 Å². The van der Waals surface area contributed by atoms with E-state index in [1.807, 2.05) is 66.9 Å². The summed E-state index contributed by atoms with van der Waals surface area (Å²) in [5, 5.41) is 4.04. The molecule has 1 N–H and O–H groups in total. The molecule has 0 aliphatic carbocycles. The third-order valence-electron chi connectivity index (χ3n) is 4.63. The number of hydrogen-bond acceptors (Lipinski definition) is 3. The summed E-state index contributed by atoms with van der Waals surface area (Å²) in [5.74, 6) is 0.973. The number of anilines is 2. The number of benzene rings is 2. The number of aromatic nitrogens is 2. The van der Waals surface area contributed by atoms with E-state index in [2.05, 4.69) is 28.7 Å². The third kappa shape index (κ3) is 3.22. The molecule has 0 saturated carbocycles. The molecular formula is C23H21N3O. The fourth-order valence-corrected chi connectivity index (χ4v) is 3.32. The van der Waals surface area contributed by atoms with Crippen molar-refractivity contribution in [3.05, 3.63) is 94.9 Å². The second kappa shape index (κ2) is 7.08. The number of para-hydroxylation sites is 2. The van der Waals surface area contributed by atoms with Gasteiger partial charge < -0.3 is 5.32 Å². The zero-order valence-corrected chi connectivity index (χ0v) is 15.4. The summed E-state index contributed by atoms with van der Waals surface area (Å²) in [6.45, 7) is 4.24. The first-order chi connectivity index (χ1) is 13.1. The first-order valence-electron chi connectivity index (χ1n) is 9.06. The molecule has 0 bridgehead atoms. The summed E-state index contributed by atoms with van der Waals surface area (Å²) in [4.78, 5) is 17.2. The SMILES string of the molecule is CC(C)c1cncc2c(=O)cc(Nc3ccccc3)n(-c3ccccc3)c12. The maximum absolute atomic E-state index is 12.9. The first-order valence-corrected chi connectivity index (χ1v) is 9.06. The molecule has 4 heteroatoms. The largest absolute Gasteiger partial charge is 0.341 e. The standard InChI is InChI=1S/C23H21N3O/c1-16(2)19-14-24-15-20-21(27)13-22(25-17-9-5-3-6-10-17)26(23(19)20)18-11-7-4-8-12-18/h3-16,25H,1-2H3. The molecule has 0 aliphatic heterocycles. The van der Waals surface area contributed by atoms with Crippen LogP contribution in [0.25, 0.3) is 16.6 Å². The van der Waals surface area contributed by atoms with Crippen molar-refractivity contribution in [1.82, 2.24) is 9.55 Å². The van der Waals surface area contributed by atoms with E-state index in [-0.39, 0.29) is 11.3 Å². The van der Waals surface area contributed by atoms with Gasteiger partial charge in [-0.15, -0.1) is 0 Å². The molecule has 0 atom stereocenters. The number of rotatable bonds is 4. The van der Waals surface area contributed by atoms with Gasteiger partial charge in [-0.3, -0.25) is 14.3 Å². The van der Waals surface area contributed by atoms with Crippen LogP contribution in [0, 0.1) is 0 Å². The molecule has 0 aliphatic rings. The molecule has 2 heterocycles. The molecular weight excluding hydrogens is 334 g/mol. The molecule has 0 fully saturated rings. The molecule has 4 aromatic rings. The highest BCUT2D eigenvalue weighted by atomic mass is 16.1. The smallest absolute Gasteiger partial charge is 0.193 e. The zero-order valence-electron chi connectivity index (χ0n) is 15.4. The number of fused-ring (bicyclic) bond motifs is 1.